The van der Waals surface area contributed by atoms with Crippen LogP contribution in [0.15, 0.2) is 53.7 Å². The Labute approximate surface area is 254 Å². The second-order valence-corrected chi connectivity index (χ2v) is 12.6. The van der Waals surface area contributed by atoms with E-state index in [1.165, 1.54) is 9.58 Å². The van der Waals surface area contributed by atoms with Crippen LogP contribution < -0.4 is 15.4 Å². The molecule has 2 aliphatic heterocycles. The average molecular weight is 598 g/mol. The van der Waals surface area contributed by atoms with Crippen molar-refractivity contribution < 1.29 is 19.1 Å². The highest BCUT2D eigenvalue weighted by atomic mass is 32.1. The monoisotopic (exact) mass is 597 g/mol. The van der Waals surface area contributed by atoms with Gasteiger partial charge in [-0.3, -0.25) is 19.4 Å². The standard InChI is InChI=1S/C33H35N5O4S/c1-20-13-26-27(34-18-25-7-4-5-11-38(25)33(26)41)17-29(20)42-12-6-8-31(39)35-24-16-28(37(3)19-24)32(40)36-23-9-10-30-22(15-23)14-21(2)43-30/h9-10,13-19,25H,4-8,11-12H2,1-3H3,(H,35,39)(H,36,40)/t25-/m0/s1. The highest BCUT2D eigenvalue weighted by molar-refractivity contribution is 7.19. The predicted octanol–water partition coefficient (Wildman–Crippen LogP) is 6.62. The summed E-state index contributed by atoms with van der Waals surface area (Å²) in [6, 6.07) is 13.4. The first-order valence-corrected chi connectivity index (χ1v) is 15.5. The third-order valence-corrected chi connectivity index (χ3v) is 8.98. The van der Waals surface area contributed by atoms with Crippen molar-refractivity contribution in [2.45, 2.75) is 52.0 Å². The van der Waals surface area contributed by atoms with Crippen LogP contribution in [0.4, 0.5) is 17.1 Å². The van der Waals surface area contributed by atoms with Crippen LogP contribution in [0.5, 0.6) is 5.75 Å². The van der Waals surface area contributed by atoms with Crippen LogP contribution in [-0.2, 0) is 11.8 Å². The molecular formula is C33H35N5O4S. The number of hydrogen-bond acceptors (Lipinski definition) is 6. The SMILES string of the molecule is Cc1cc2cc(NC(=O)c3cc(NC(=O)CCCOc4cc5c(cc4C)C(=O)N4CCCC[C@H]4C=N5)cn3C)ccc2s1. The molecule has 0 aliphatic carbocycles. The molecule has 2 aromatic carbocycles. The van der Waals surface area contributed by atoms with Gasteiger partial charge in [0.1, 0.15) is 11.4 Å². The Morgan fingerprint density at radius 3 is 2.79 bits per heavy atom. The number of thiophene rings is 1. The lowest BCUT2D eigenvalue weighted by Crippen LogP contribution is -2.43. The van der Waals surface area contributed by atoms with Crippen molar-refractivity contribution >= 4 is 62.4 Å². The molecule has 1 fully saturated rings. The Bertz CT molecular complexity index is 1750. The van der Waals surface area contributed by atoms with Crippen LogP contribution in [0.1, 0.15) is 63.4 Å². The zero-order valence-corrected chi connectivity index (χ0v) is 25.4. The molecule has 43 heavy (non-hydrogen) atoms. The van der Waals surface area contributed by atoms with Crippen LogP contribution in [0.25, 0.3) is 10.1 Å². The number of amides is 3. The van der Waals surface area contributed by atoms with Gasteiger partial charge in [0.25, 0.3) is 11.8 Å². The van der Waals surface area contributed by atoms with Gasteiger partial charge in [-0.05, 0) is 86.9 Å². The molecule has 4 heterocycles. The zero-order valence-electron chi connectivity index (χ0n) is 24.6. The minimum atomic E-state index is -0.249. The molecule has 0 bridgehead atoms. The second-order valence-electron chi connectivity index (χ2n) is 11.3. The van der Waals surface area contributed by atoms with E-state index in [2.05, 4.69) is 28.6 Å². The van der Waals surface area contributed by atoms with Crippen molar-refractivity contribution in [3.63, 3.8) is 0 Å². The number of anilines is 2. The van der Waals surface area contributed by atoms with Gasteiger partial charge < -0.3 is 24.8 Å². The number of hydrogen-bond donors (Lipinski definition) is 2. The molecular weight excluding hydrogens is 562 g/mol. The van der Waals surface area contributed by atoms with Crippen LogP contribution in [0.2, 0.25) is 0 Å². The average Bonchev–Trinajstić information content (AvgIpc) is 3.51. The first-order chi connectivity index (χ1) is 20.7. The van der Waals surface area contributed by atoms with E-state index in [1.54, 1.807) is 35.2 Å². The quantitative estimate of drug-likeness (QED) is 0.223. The second kappa shape index (κ2) is 12.0. The Morgan fingerprint density at radius 1 is 1.07 bits per heavy atom. The van der Waals surface area contributed by atoms with Crippen molar-refractivity contribution in [1.29, 1.82) is 0 Å². The van der Waals surface area contributed by atoms with Gasteiger partial charge in [0.05, 0.1) is 29.6 Å². The maximum absolute atomic E-state index is 13.1. The Morgan fingerprint density at radius 2 is 1.93 bits per heavy atom. The highest BCUT2D eigenvalue weighted by Gasteiger charge is 2.30. The van der Waals surface area contributed by atoms with E-state index in [9.17, 15) is 14.4 Å². The minimum absolute atomic E-state index is 0.0278. The lowest BCUT2D eigenvalue weighted by Gasteiger charge is -2.32. The number of fused-ring (bicyclic) bond motifs is 3. The Kier molecular flexibility index (Phi) is 8.03. The van der Waals surface area contributed by atoms with Crippen LogP contribution >= 0.6 is 11.3 Å². The number of piperidine rings is 1. The third-order valence-electron chi connectivity index (χ3n) is 7.94. The molecule has 0 saturated carbocycles. The number of aromatic nitrogens is 1. The summed E-state index contributed by atoms with van der Waals surface area (Å²) in [6.45, 7) is 5.09. The normalized spacial score (nSPS) is 16.0. The van der Waals surface area contributed by atoms with Crippen LogP contribution in [0, 0.1) is 13.8 Å². The van der Waals surface area contributed by atoms with Gasteiger partial charge in [-0.2, -0.15) is 0 Å². The van der Waals surface area contributed by atoms with Crippen molar-refractivity contribution in [2.24, 2.45) is 12.0 Å². The van der Waals surface area contributed by atoms with Gasteiger partial charge in [-0.25, -0.2) is 0 Å². The summed E-state index contributed by atoms with van der Waals surface area (Å²) >= 11 is 1.72. The van der Waals surface area contributed by atoms with Crippen molar-refractivity contribution in [1.82, 2.24) is 9.47 Å². The fraction of sp³-hybridized carbons (Fsp3) is 0.333. The first-order valence-electron chi connectivity index (χ1n) is 14.7. The summed E-state index contributed by atoms with van der Waals surface area (Å²) in [6.07, 6.45) is 7.44. The number of carbonyl (C=O) groups excluding carboxylic acids is 3. The lowest BCUT2D eigenvalue weighted by molar-refractivity contribution is -0.116. The van der Waals surface area contributed by atoms with Gasteiger partial charge in [0.2, 0.25) is 5.91 Å². The first kappa shape index (κ1) is 28.7. The largest absolute Gasteiger partial charge is 0.493 e. The van der Waals surface area contributed by atoms with E-state index in [4.69, 9.17) is 4.74 Å². The van der Waals surface area contributed by atoms with Gasteiger partial charge in [-0.15, -0.1) is 11.3 Å². The molecule has 3 amide bonds. The number of benzene rings is 2. The molecule has 10 heteroatoms. The molecule has 2 N–H and O–H groups in total. The topological polar surface area (TPSA) is 105 Å². The number of nitrogens with zero attached hydrogens (tertiary/aromatic N) is 3. The van der Waals surface area contributed by atoms with Gasteiger partial charge in [-0.1, -0.05) is 0 Å². The van der Waals surface area contributed by atoms with Crippen molar-refractivity contribution in [2.75, 3.05) is 23.8 Å². The molecule has 222 valence electrons. The fourth-order valence-corrected chi connectivity index (χ4v) is 6.65. The summed E-state index contributed by atoms with van der Waals surface area (Å²) < 4.78 is 8.88. The molecule has 1 saturated heterocycles. The number of rotatable bonds is 8. The Balaban J connectivity index is 1.01. The summed E-state index contributed by atoms with van der Waals surface area (Å²) in [5.74, 6) is 0.279. The molecule has 0 radical (unpaired) electrons. The van der Waals surface area contributed by atoms with Gasteiger partial charge in [0, 0.05) is 53.8 Å². The van der Waals surface area contributed by atoms with E-state index in [0.29, 0.717) is 41.4 Å². The van der Waals surface area contributed by atoms with E-state index < -0.39 is 0 Å². The molecule has 4 aromatic rings. The maximum Gasteiger partial charge on any atom is 0.272 e. The molecule has 2 aromatic heterocycles. The summed E-state index contributed by atoms with van der Waals surface area (Å²) in [5, 5.41) is 6.93. The molecule has 6 rings (SSSR count). The van der Waals surface area contributed by atoms with Gasteiger partial charge >= 0.3 is 0 Å². The molecule has 2 aliphatic rings. The van der Waals surface area contributed by atoms with Crippen LogP contribution in [0.3, 0.4) is 0 Å². The van der Waals surface area contributed by atoms with E-state index in [1.807, 2.05) is 48.4 Å². The van der Waals surface area contributed by atoms with E-state index >= 15 is 0 Å². The molecule has 1 atom stereocenters. The number of carbonyl (C=O) groups is 3. The summed E-state index contributed by atoms with van der Waals surface area (Å²) in [7, 11) is 1.77. The van der Waals surface area contributed by atoms with E-state index in [0.717, 1.165) is 42.4 Å². The highest BCUT2D eigenvalue weighted by Crippen LogP contribution is 2.34. The molecule has 0 spiro atoms. The smallest absolute Gasteiger partial charge is 0.272 e. The fourth-order valence-electron chi connectivity index (χ4n) is 5.74. The summed E-state index contributed by atoms with van der Waals surface area (Å²) in [5.41, 5.74) is 3.82. The number of nitrogens with one attached hydrogen (secondary N) is 2. The summed E-state index contributed by atoms with van der Waals surface area (Å²) in [4.78, 5) is 46.5. The van der Waals surface area contributed by atoms with Crippen molar-refractivity contribution in [3.8, 4) is 5.75 Å². The Hall–Kier alpha value is -4.44. The lowest BCUT2D eigenvalue weighted by atomic mass is 10.0. The minimum Gasteiger partial charge on any atom is -0.493 e. The van der Waals surface area contributed by atoms with Gasteiger partial charge in [0.15, 0.2) is 0 Å². The van der Waals surface area contributed by atoms with E-state index in [-0.39, 0.29) is 30.2 Å². The maximum atomic E-state index is 13.1. The zero-order chi connectivity index (χ0) is 30.1. The van der Waals surface area contributed by atoms with Crippen LogP contribution in [-0.4, -0.2) is 52.6 Å². The molecule has 9 nitrogen and oxygen atoms in total. The third kappa shape index (κ3) is 6.19. The number of ether oxygens (including phenoxy) is 1. The predicted molar refractivity (Wildman–Crippen MR) is 171 cm³/mol. The molecule has 0 unspecified atom stereocenters. The number of aryl methyl sites for hydroxylation is 3. The number of aliphatic imine (C=N–C) groups is 1. The van der Waals surface area contributed by atoms with Crippen molar-refractivity contribution in [3.05, 3.63) is 70.4 Å².